The summed E-state index contributed by atoms with van der Waals surface area (Å²) >= 11 is 0. The minimum absolute atomic E-state index is 0.122. The number of halogens is 1. The van der Waals surface area contributed by atoms with Gasteiger partial charge in [0.25, 0.3) is 0 Å². The van der Waals surface area contributed by atoms with Crippen LogP contribution in [0.3, 0.4) is 0 Å². The highest BCUT2D eigenvalue weighted by Crippen LogP contribution is 2.32. The van der Waals surface area contributed by atoms with Gasteiger partial charge in [0.15, 0.2) is 0 Å². The Hall–Kier alpha value is -2.40. The van der Waals surface area contributed by atoms with Crippen LogP contribution in [0.25, 0.3) is 0 Å². The van der Waals surface area contributed by atoms with Crippen molar-refractivity contribution in [2.24, 2.45) is 0 Å². The molecule has 0 aromatic heterocycles. The fourth-order valence-electron chi connectivity index (χ4n) is 3.30. The third-order valence-electron chi connectivity index (χ3n) is 4.39. The minimum Gasteiger partial charge on any atom is -0.494 e. The zero-order valence-electron chi connectivity index (χ0n) is 14.4. The summed E-state index contributed by atoms with van der Waals surface area (Å²) in [4.78, 5) is 14.5. The van der Waals surface area contributed by atoms with Crippen LogP contribution in [0.1, 0.15) is 31.4 Å². The van der Waals surface area contributed by atoms with E-state index in [0.717, 1.165) is 25.1 Å². The summed E-state index contributed by atoms with van der Waals surface area (Å²) in [5.41, 5.74) is 1.68. The molecule has 1 unspecified atom stereocenters. The number of nitrogens with zero attached hydrogens (tertiary/aromatic N) is 1. The van der Waals surface area contributed by atoms with Crippen molar-refractivity contribution in [3.05, 3.63) is 59.9 Å². The van der Waals surface area contributed by atoms with Crippen LogP contribution in [0.2, 0.25) is 0 Å². The van der Waals surface area contributed by atoms with Crippen LogP contribution >= 0.6 is 0 Å². The molecule has 1 atom stereocenters. The average molecular weight is 342 g/mol. The third-order valence-corrected chi connectivity index (χ3v) is 4.39. The van der Waals surface area contributed by atoms with Crippen molar-refractivity contribution >= 4 is 11.6 Å². The Bertz CT molecular complexity index is 718. The molecule has 1 fully saturated rings. The minimum atomic E-state index is -0.355. The molecule has 0 radical (unpaired) electrons. The molecule has 2 aromatic carbocycles. The predicted octanol–water partition coefficient (Wildman–Crippen LogP) is 4.00. The van der Waals surface area contributed by atoms with Crippen molar-refractivity contribution in [2.45, 2.75) is 25.8 Å². The molecule has 1 N–H and O–H groups in total. The SMILES string of the molecule is CCOc1ccc(C2CCCN2CC(=O)Nc2cccc(F)c2)cc1. The molecule has 1 amide bonds. The summed E-state index contributed by atoms with van der Waals surface area (Å²) < 4.78 is 18.7. The van der Waals surface area contributed by atoms with Gasteiger partial charge in [-0.3, -0.25) is 9.69 Å². The fourth-order valence-corrected chi connectivity index (χ4v) is 3.30. The summed E-state index contributed by atoms with van der Waals surface area (Å²) in [5, 5.41) is 2.77. The third kappa shape index (κ3) is 4.57. The summed E-state index contributed by atoms with van der Waals surface area (Å²) in [5.74, 6) is 0.384. The number of hydrogen-bond acceptors (Lipinski definition) is 3. The predicted molar refractivity (Wildman–Crippen MR) is 96.2 cm³/mol. The van der Waals surface area contributed by atoms with Gasteiger partial charge in [0.1, 0.15) is 11.6 Å². The molecule has 132 valence electrons. The van der Waals surface area contributed by atoms with E-state index in [4.69, 9.17) is 4.74 Å². The Morgan fingerprint density at radius 3 is 2.80 bits per heavy atom. The second-order valence-electron chi connectivity index (χ2n) is 6.19. The van der Waals surface area contributed by atoms with Crippen LogP contribution < -0.4 is 10.1 Å². The zero-order chi connectivity index (χ0) is 17.6. The molecule has 5 heteroatoms. The molecule has 0 bridgehead atoms. The maximum absolute atomic E-state index is 13.2. The number of hydrogen-bond donors (Lipinski definition) is 1. The van der Waals surface area contributed by atoms with Crippen molar-refractivity contribution < 1.29 is 13.9 Å². The number of amides is 1. The lowest BCUT2D eigenvalue weighted by Gasteiger charge is -2.24. The molecule has 1 aliphatic heterocycles. The summed E-state index contributed by atoms with van der Waals surface area (Å²) in [7, 11) is 0. The Morgan fingerprint density at radius 2 is 2.08 bits per heavy atom. The lowest BCUT2D eigenvalue weighted by atomic mass is 10.0. The average Bonchev–Trinajstić information content (AvgIpc) is 3.04. The van der Waals surface area contributed by atoms with Crippen molar-refractivity contribution in [3.8, 4) is 5.75 Å². The zero-order valence-corrected chi connectivity index (χ0v) is 14.4. The van der Waals surface area contributed by atoms with Crippen LogP contribution in [0.5, 0.6) is 5.75 Å². The van der Waals surface area contributed by atoms with Gasteiger partial charge in [0.2, 0.25) is 5.91 Å². The van der Waals surface area contributed by atoms with Gasteiger partial charge in [-0.1, -0.05) is 18.2 Å². The molecule has 1 aliphatic rings. The van der Waals surface area contributed by atoms with Crippen LogP contribution in [-0.2, 0) is 4.79 Å². The van der Waals surface area contributed by atoms with Gasteiger partial charge in [0, 0.05) is 11.7 Å². The molecule has 0 spiro atoms. The summed E-state index contributed by atoms with van der Waals surface area (Å²) in [6, 6.07) is 14.3. The highest BCUT2D eigenvalue weighted by Gasteiger charge is 2.27. The number of anilines is 1. The summed E-state index contributed by atoms with van der Waals surface area (Å²) in [6.45, 7) is 3.79. The van der Waals surface area contributed by atoms with E-state index in [0.29, 0.717) is 18.8 Å². The number of rotatable bonds is 6. The second kappa shape index (κ2) is 8.12. The van der Waals surface area contributed by atoms with E-state index in [1.165, 1.54) is 17.7 Å². The number of ether oxygens (including phenoxy) is 1. The Balaban J connectivity index is 1.62. The highest BCUT2D eigenvalue weighted by atomic mass is 19.1. The number of nitrogens with one attached hydrogen (secondary N) is 1. The number of benzene rings is 2. The molecule has 1 heterocycles. The van der Waals surface area contributed by atoms with Crippen molar-refractivity contribution in [3.63, 3.8) is 0 Å². The van der Waals surface area contributed by atoms with E-state index >= 15 is 0 Å². The first-order chi connectivity index (χ1) is 12.2. The van der Waals surface area contributed by atoms with Crippen LogP contribution in [-0.4, -0.2) is 30.5 Å². The lowest BCUT2D eigenvalue weighted by molar-refractivity contribution is -0.117. The number of carbonyl (C=O) groups is 1. The number of likely N-dealkylation sites (tertiary alicyclic amines) is 1. The van der Waals surface area contributed by atoms with Gasteiger partial charge in [-0.25, -0.2) is 4.39 Å². The van der Waals surface area contributed by atoms with Crippen LogP contribution in [0.4, 0.5) is 10.1 Å². The molecule has 2 aromatic rings. The van der Waals surface area contributed by atoms with Crippen LogP contribution in [0, 0.1) is 5.82 Å². The quantitative estimate of drug-likeness (QED) is 0.863. The van der Waals surface area contributed by atoms with Gasteiger partial charge in [-0.2, -0.15) is 0 Å². The van der Waals surface area contributed by atoms with Crippen molar-refractivity contribution in [1.82, 2.24) is 4.90 Å². The smallest absolute Gasteiger partial charge is 0.238 e. The molecule has 4 nitrogen and oxygen atoms in total. The molecule has 1 saturated heterocycles. The van der Waals surface area contributed by atoms with E-state index in [1.807, 2.05) is 19.1 Å². The topological polar surface area (TPSA) is 41.6 Å². The Labute approximate surface area is 147 Å². The maximum Gasteiger partial charge on any atom is 0.238 e. The fraction of sp³-hybridized carbons (Fsp3) is 0.350. The van der Waals surface area contributed by atoms with Gasteiger partial charge in [0.05, 0.1) is 13.2 Å². The molecule has 0 saturated carbocycles. The van der Waals surface area contributed by atoms with E-state index < -0.39 is 0 Å². The maximum atomic E-state index is 13.2. The highest BCUT2D eigenvalue weighted by molar-refractivity contribution is 5.92. The standard InChI is InChI=1S/C20H23FN2O2/c1-2-25-18-10-8-15(9-11-18)19-7-4-12-23(19)14-20(24)22-17-6-3-5-16(21)13-17/h3,5-6,8-11,13,19H,2,4,7,12,14H2,1H3,(H,22,24). The summed E-state index contributed by atoms with van der Waals surface area (Å²) in [6.07, 6.45) is 2.09. The van der Waals surface area contributed by atoms with Gasteiger partial charge in [-0.15, -0.1) is 0 Å². The van der Waals surface area contributed by atoms with Gasteiger partial charge in [-0.05, 0) is 62.2 Å². The first-order valence-electron chi connectivity index (χ1n) is 8.68. The Morgan fingerprint density at radius 1 is 1.28 bits per heavy atom. The molecule has 3 rings (SSSR count). The molecule has 0 aliphatic carbocycles. The van der Waals surface area contributed by atoms with Gasteiger partial charge < -0.3 is 10.1 Å². The normalized spacial score (nSPS) is 17.4. The molecular formula is C20H23FN2O2. The largest absolute Gasteiger partial charge is 0.494 e. The Kier molecular flexibility index (Phi) is 5.66. The van der Waals surface area contributed by atoms with E-state index in [1.54, 1.807) is 12.1 Å². The first-order valence-corrected chi connectivity index (χ1v) is 8.68. The van der Waals surface area contributed by atoms with E-state index in [2.05, 4.69) is 22.3 Å². The molecular weight excluding hydrogens is 319 g/mol. The number of carbonyl (C=O) groups excluding carboxylic acids is 1. The van der Waals surface area contributed by atoms with E-state index in [9.17, 15) is 9.18 Å². The first kappa shape index (κ1) is 17.4. The van der Waals surface area contributed by atoms with Crippen molar-refractivity contribution in [2.75, 3.05) is 25.0 Å². The lowest BCUT2D eigenvalue weighted by Crippen LogP contribution is -2.32. The monoisotopic (exact) mass is 342 g/mol. The van der Waals surface area contributed by atoms with Crippen LogP contribution in [0.15, 0.2) is 48.5 Å². The second-order valence-corrected chi connectivity index (χ2v) is 6.19. The van der Waals surface area contributed by atoms with Gasteiger partial charge >= 0.3 is 0 Å². The molecule has 25 heavy (non-hydrogen) atoms. The van der Waals surface area contributed by atoms with E-state index in [-0.39, 0.29) is 17.8 Å². The van der Waals surface area contributed by atoms with Crippen molar-refractivity contribution in [1.29, 1.82) is 0 Å².